The van der Waals surface area contributed by atoms with Crippen molar-refractivity contribution in [1.29, 1.82) is 0 Å². The third-order valence-corrected chi connectivity index (χ3v) is 15.5. The van der Waals surface area contributed by atoms with Gasteiger partial charge in [0.1, 0.15) is 13.2 Å². The van der Waals surface area contributed by atoms with Gasteiger partial charge in [-0.1, -0.05) is 303 Å². The number of carboxylic acid groups (broad SMARTS) is 1. The zero-order valence-electron chi connectivity index (χ0n) is 57.1. The molecular weight excluding hydrogens is 1080 g/mol. The van der Waals surface area contributed by atoms with Crippen LogP contribution in [0.2, 0.25) is 0 Å². The summed E-state index contributed by atoms with van der Waals surface area (Å²) in [6, 6.07) is 0. The van der Waals surface area contributed by atoms with E-state index < -0.39 is 24.3 Å². The molecule has 2 unspecified atom stereocenters. The predicted octanol–water partition coefficient (Wildman–Crippen LogP) is 21.2. The van der Waals surface area contributed by atoms with Gasteiger partial charge in [-0.3, -0.25) is 9.59 Å². The Morgan fingerprint density at radius 3 is 0.977 bits per heavy atom. The molecule has 2 atom stereocenters. The van der Waals surface area contributed by atoms with E-state index in [0.717, 1.165) is 96.3 Å². The molecular formula is C78H135NO8. The Bertz CT molecular complexity index is 1800. The van der Waals surface area contributed by atoms with E-state index >= 15 is 0 Å². The number of ether oxygens (including phenoxy) is 4. The van der Waals surface area contributed by atoms with Gasteiger partial charge in [0.05, 0.1) is 40.3 Å². The van der Waals surface area contributed by atoms with E-state index in [0.29, 0.717) is 17.4 Å². The molecule has 0 bridgehead atoms. The quantitative estimate of drug-likeness (QED) is 0.0195. The maximum absolute atomic E-state index is 12.9. The van der Waals surface area contributed by atoms with Gasteiger partial charge >= 0.3 is 11.9 Å². The maximum Gasteiger partial charge on any atom is 0.306 e. The molecule has 0 amide bonds. The Morgan fingerprint density at radius 2 is 0.655 bits per heavy atom. The van der Waals surface area contributed by atoms with E-state index in [-0.39, 0.29) is 38.6 Å². The van der Waals surface area contributed by atoms with Gasteiger partial charge in [-0.2, -0.15) is 0 Å². The van der Waals surface area contributed by atoms with Crippen molar-refractivity contribution in [2.45, 2.75) is 322 Å². The van der Waals surface area contributed by atoms with Crippen molar-refractivity contribution in [3.8, 4) is 0 Å². The molecule has 0 radical (unpaired) electrons. The van der Waals surface area contributed by atoms with Gasteiger partial charge in [-0.15, -0.1) is 0 Å². The summed E-state index contributed by atoms with van der Waals surface area (Å²) >= 11 is 0. The summed E-state index contributed by atoms with van der Waals surface area (Å²) in [5, 5.41) is 11.8. The summed E-state index contributed by atoms with van der Waals surface area (Å²) < 4.78 is 22.8. The summed E-state index contributed by atoms with van der Waals surface area (Å²) in [5.74, 6) is -2.29. The first-order valence-corrected chi connectivity index (χ1v) is 36.0. The molecule has 9 nitrogen and oxygen atoms in total. The van der Waals surface area contributed by atoms with Crippen LogP contribution in [0.4, 0.5) is 0 Å². The van der Waals surface area contributed by atoms with Crippen molar-refractivity contribution < 1.29 is 42.9 Å². The number of likely N-dealkylation sites (N-methyl/N-ethyl adjacent to an activating group) is 1. The average molecular weight is 1210 g/mol. The summed E-state index contributed by atoms with van der Waals surface area (Å²) in [7, 11) is 5.93. The van der Waals surface area contributed by atoms with E-state index in [4.69, 9.17) is 18.9 Å². The first kappa shape index (κ1) is 83.0. The highest BCUT2D eigenvalue weighted by molar-refractivity contribution is 5.70. The lowest BCUT2D eigenvalue weighted by Crippen LogP contribution is -2.44. The second kappa shape index (κ2) is 67.9. The lowest BCUT2D eigenvalue weighted by Gasteiger charge is -2.26. The molecule has 0 N–H and O–H groups in total. The zero-order chi connectivity index (χ0) is 63.3. The second-order valence-corrected chi connectivity index (χ2v) is 25.1. The van der Waals surface area contributed by atoms with Crippen LogP contribution in [-0.4, -0.2) is 82.3 Å². The van der Waals surface area contributed by atoms with E-state index in [1.807, 2.05) is 21.1 Å². The Hall–Kier alpha value is -4.05. The minimum absolute atomic E-state index is 0.141. The highest BCUT2D eigenvalue weighted by Crippen LogP contribution is 2.17. The van der Waals surface area contributed by atoms with Crippen molar-refractivity contribution in [2.75, 3.05) is 47.5 Å². The summed E-state index contributed by atoms with van der Waals surface area (Å²) in [5.41, 5.74) is 0. The van der Waals surface area contributed by atoms with Crippen molar-refractivity contribution in [3.05, 3.63) is 109 Å². The van der Waals surface area contributed by atoms with Crippen LogP contribution in [-0.2, 0) is 33.3 Å². The Morgan fingerprint density at radius 1 is 0.356 bits per heavy atom. The largest absolute Gasteiger partial charge is 0.545 e. The number of esters is 2. The number of carbonyl (C=O) groups excluding carboxylic acids is 3. The number of unbranched alkanes of at least 4 members (excludes halogenated alkanes) is 33. The Balaban J connectivity index is 4.12. The molecule has 0 aliphatic heterocycles. The van der Waals surface area contributed by atoms with Crippen molar-refractivity contribution in [3.63, 3.8) is 0 Å². The van der Waals surface area contributed by atoms with Crippen LogP contribution in [0.15, 0.2) is 109 Å². The smallest absolute Gasteiger partial charge is 0.306 e. The van der Waals surface area contributed by atoms with Crippen molar-refractivity contribution in [2.24, 2.45) is 0 Å². The molecule has 0 fully saturated rings. The Labute approximate surface area is 536 Å². The third kappa shape index (κ3) is 69.3. The van der Waals surface area contributed by atoms with Crippen molar-refractivity contribution in [1.82, 2.24) is 0 Å². The van der Waals surface area contributed by atoms with E-state index in [1.165, 1.54) is 180 Å². The number of quaternary nitrogens is 1. The molecule has 0 aliphatic rings. The molecule has 0 aromatic heterocycles. The van der Waals surface area contributed by atoms with Crippen LogP contribution in [0.5, 0.6) is 0 Å². The topological polar surface area (TPSA) is 111 Å². The minimum atomic E-state index is -1.63. The summed E-state index contributed by atoms with van der Waals surface area (Å²) in [6.45, 7) is 4.63. The van der Waals surface area contributed by atoms with Crippen LogP contribution < -0.4 is 5.11 Å². The number of nitrogens with zero attached hydrogens (tertiary/aromatic N) is 1. The van der Waals surface area contributed by atoms with Crippen molar-refractivity contribution >= 4 is 17.9 Å². The van der Waals surface area contributed by atoms with E-state index in [1.54, 1.807) is 0 Å². The highest BCUT2D eigenvalue weighted by atomic mass is 16.7. The Kier molecular flexibility index (Phi) is 64.7. The monoisotopic (exact) mass is 1210 g/mol. The number of carbonyl (C=O) groups is 3. The van der Waals surface area contributed by atoms with Gasteiger partial charge in [-0.25, -0.2) is 0 Å². The van der Waals surface area contributed by atoms with Gasteiger partial charge in [0.15, 0.2) is 12.4 Å². The summed E-state index contributed by atoms with van der Waals surface area (Å²) in [4.78, 5) is 37.5. The molecule has 87 heavy (non-hydrogen) atoms. The van der Waals surface area contributed by atoms with E-state index in [9.17, 15) is 19.5 Å². The summed E-state index contributed by atoms with van der Waals surface area (Å²) in [6.07, 6.45) is 91.7. The van der Waals surface area contributed by atoms with Gasteiger partial charge in [0, 0.05) is 12.8 Å². The molecule has 0 rings (SSSR count). The van der Waals surface area contributed by atoms with Gasteiger partial charge in [0.25, 0.3) is 0 Å². The van der Waals surface area contributed by atoms with Crippen LogP contribution >= 0.6 is 0 Å². The number of rotatable bonds is 66. The van der Waals surface area contributed by atoms with Gasteiger partial charge < -0.3 is 33.3 Å². The molecule has 0 aliphatic carbocycles. The van der Waals surface area contributed by atoms with Crippen LogP contribution in [0, 0.1) is 0 Å². The maximum atomic E-state index is 12.9. The fraction of sp³-hybridized carbons (Fsp3) is 0.731. The second-order valence-electron chi connectivity index (χ2n) is 25.1. The SMILES string of the molecule is CC/C=C\C/C=C\C/C=C\C/C=C\C/C=C\C/C=C\C/C=C\CCCCCCCCCC(=O)OC(COC(=O)CCCCCCCCCCCCCCCCCCCCCCC/C=C\C/C=C\CCCCCCC)COC(OCC[N+](C)(C)C)C(=O)[O-]. The van der Waals surface area contributed by atoms with E-state index in [2.05, 4.69) is 123 Å². The molecule has 0 spiro atoms. The molecule has 0 saturated heterocycles. The average Bonchev–Trinajstić information content (AvgIpc) is 3.57. The lowest BCUT2D eigenvalue weighted by atomic mass is 10.0. The molecule has 0 heterocycles. The fourth-order valence-corrected chi connectivity index (χ4v) is 10.0. The lowest BCUT2D eigenvalue weighted by molar-refractivity contribution is -0.870. The van der Waals surface area contributed by atoms with Gasteiger partial charge in [0.2, 0.25) is 0 Å². The normalized spacial score (nSPS) is 13.3. The number of carboxylic acids is 1. The standard InChI is InChI=1S/C78H135NO8/c1-6-8-10-12-14-16-18-20-22-24-26-28-30-32-34-36-37-38-39-41-42-44-46-48-50-52-54-56-58-60-62-64-66-68-75(80)85-72-74(73-86-78(77(82)83)84-71-70-79(3,4)5)87-76(81)69-67-65-63-61-59-57-55-53-51-49-47-45-43-40-35-33-31-29-27-25-23-21-19-17-15-13-11-9-7-2/h9,11,15,17-18,20-21,23-24,26-27,29,33,35,43,45,49,51,74,78H,6-8,10,12-14,16,19,22,25,28,30-32,34,36-42,44,46-48,50,52-73H2,1-5H3/b11-9-,17-15-,20-18-,23-21-,26-24-,29-27-,35-33-,45-43-,51-49-. The number of hydrogen-bond donors (Lipinski definition) is 0. The molecule has 0 aromatic rings. The number of aliphatic carboxylic acids is 1. The van der Waals surface area contributed by atoms with Crippen LogP contribution in [0.1, 0.15) is 309 Å². The molecule has 0 aromatic carbocycles. The van der Waals surface area contributed by atoms with Crippen LogP contribution in [0.25, 0.3) is 0 Å². The number of allylic oxidation sites excluding steroid dienone is 18. The first-order valence-electron chi connectivity index (χ1n) is 36.0. The molecule has 500 valence electrons. The molecule has 9 heteroatoms. The predicted molar refractivity (Wildman–Crippen MR) is 370 cm³/mol. The zero-order valence-corrected chi connectivity index (χ0v) is 57.1. The first-order chi connectivity index (χ1) is 42.6. The number of hydrogen-bond acceptors (Lipinski definition) is 8. The van der Waals surface area contributed by atoms with Crippen LogP contribution in [0.3, 0.4) is 0 Å². The minimum Gasteiger partial charge on any atom is -0.545 e. The third-order valence-electron chi connectivity index (χ3n) is 15.5. The molecule has 0 saturated carbocycles. The van der Waals surface area contributed by atoms with Gasteiger partial charge in [-0.05, 0) is 103 Å². The highest BCUT2D eigenvalue weighted by Gasteiger charge is 2.22. The fourth-order valence-electron chi connectivity index (χ4n) is 10.0.